The predicted octanol–water partition coefficient (Wildman–Crippen LogP) is 1.84. The van der Waals surface area contributed by atoms with E-state index in [9.17, 15) is 13.5 Å². The second-order valence-electron chi connectivity index (χ2n) is 6.44. The Balaban J connectivity index is 1.81. The summed E-state index contributed by atoms with van der Waals surface area (Å²) >= 11 is 0. The average molecular weight is 362 g/mol. The molecule has 1 aliphatic rings. The molecule has 134 valence electrons. The van der Waals surface area contributed by atoms with Gasteiger partial charge in [-0.1, -0.05) is 12.1 Å². The van der Waals surface area contributed by atoms with E-state index in [2.05, 4.69) is 15.3 Å². The van der Waals surface area contributed by atoms with Crippen LogP contribution >= 0.6 is 0 Å². The van der Waals surface area contributed by atoms with Crippen LogP contribution in [0, 0.1) is 0 Å². The van der Waals surface area contributed by atoms with Crippen molar-refractivity contribution in [3.63, 3.8) is 0 Å². The minimum Gasteiger partial charge on any atom is -0.393 e. The quantitative estimate of drug-likeness (QED) is 0.759. The molecule has 7 nitrogen and oxygen atoms in total. The van der Waals surface area contributed by atoms with Crippen molar-refractivity contribution in [2.24, 2.45) is 0 Å². The van der Waals surface area contributed by atoms with E-state index in [0.717, 1.165) is 31.2 Å². The van der Waals surface area contributed by atoms with Crippen LogP contribution < -0.4 is 11.1 Å². The van der Waals surface area contributed by atoms with Crippen LogP contribution in [0.5, 0.6) is 0 Å². The zero-order chi connectivity index (χ0) is 18.0. The number of hydrogen-bond acceptors (Lipinski definition) is 7. The van der Waals surface area contributed by atoms with Gasteiger partial charge in [0.25, 0.3) is 0 Å². The third-order valence-corrected chi connectivity index (χ3v) is 5.55. The van der Waals surface area contributed by atoms with E-state index < -0.39 is 9.84 Å². The van der Waals surface area contributed by atoms with E-state index in [-0.39, 0.29) is 17.0 Å². The Morgan fingerprint density at radius 3 is 2.40 bits per heavy atom. The predicted molar refractivity (Wildman–Crippen MR) is 96.9 cm³/mol. The summed E-state index contributed by atoms with van der Waals surface area (Å²) in [6.07, 6.45) is 5.76. The Bertz CT molecular complexity index is 845. The summed E-state index contributed by atoms with van der Waals surface area (Å²) < 4.78 is 23.1. The molecule has 0 bridgehead atoms. The highest BCUT2D eigenvalue weighted by Gasteiger charge is 2.20. The van der Waals surface area contributed by atoms with Crippen LogP contribution in [0.4, 0.5) is 11.6 Å². The number of anilines is 2. The molecule has 1 aromatic carbocycles. The van der Waals surface area contributed by atoms with E-state index in [1.165, 1.54) is 6.26 Å². The summed E-state index contributed by atoms with van der Waals surface area (Å²) in [6.45, 7) is 0. The molecule has 0 aliphatic heterocycles. The lowest BCUT2D eigenvalue weighted by Crippen LogP contribution is -2.29. The molecule has 0 unspecified atom stereocenters. The molecule has 0 spiro atoms. The van der Waals surface area contributed by atoms with E-state index in [1.54, 1.807) is 30.5 Å². The maximum atomic E-state index is 11.6. The highest BCUT2D eigenvalue weighted by atomic mass is 32.2. The number of nitrogens with zero attached hydrogens (tertiary/aromatic N) is 2. The number of nitrogen functional groups attached to an aromatic ring is 1. The smallest absolute Gasteiger partial charge is 0.175 e. The molecule has 8 heteroatoms. The van der Waals surface area contributed by atoms with Gasteiger partial charge < -0.3 is 16.2 Å². The highest BCUT2D eigenvalue weighted by Crippen LogP contribution is 2.26. The highest BCUT2D eigenvalue weighted by molar-refractivity contribution is 7.90. The summed E-state index contributed by atoms with van der Waals surface area (Å²) in [5, 5.41) is 12.9. The van der Waals surface area contributed by atoms with Crippen LogP contribution in [0.1, 0.15) is 25.7 Å². The van der Waals surface area contributed by atoms with Gasteiger partial charge in [-0.3, -0.25) is 0 Å². The van der Waals surface area contributed by atoms with Crippen molar-refractivity contribution in [3.05, 3.63) is 30.5 Å². The molecule has 3 rings (SSSR count). The first-order valence-electron chi connectivity index (χ1n) is 8.20. The number of aliphatic hydroxyl groups excluding tert-OH is 1. The summed E-state index contributed by atoms with van der Waals surface area (Å²) in [6, 6.07) is 6.73. The molecular formula is C17H22N4O3S. The number of hydrogen-bond donors (Lipinski definition) is 3. The summed E-state index contributed by atoms with van der Waals surface area (Å²) in [5.41, 5.74) is 7.31. The van der Waals surface area contributed by atoms with Crippen LogP contribution in [0.2, 0.25) is 0 Å². The zero-order valence-electron chi connectivity index (χ0n) is 14.0. The average Bonchev–Trinajstić information content (AvgIpc) is 2.58. The van der Waals surface area contributed by atoms with Crippen LogP contribution in [0.15, 0.2) is 35.4 Å². The van der Waals surface area contributed by atoms with Crippen molar-refractivity contribution < 1.29 is 13.5 Å². The number of aromatic nitrogens is 2. The second-order valence-corrected chi connectivity index (χ2v) is 8.45. The molecule has 1 aliphatic carbocycles. The van der Waals surface area contributed by atoms with Crippen LogP contribution in [0.3, 0.4) is 0 Å². The molecule has 0 radical (unpaired) electrons. The monoisotopic (exact) mass is 362 g/mol. The third kappa shape index (κ3) is 4.26. The van der Waals surface area contributed by atoms with Crippen molar-refractivity contribution in [1.82, 2.24) is 9.97 Å². The Morgan fingerprint density at radius 2 is 1.80 bits per heavy atom. The number of nitrogens with two attached hydrogens (primary N) is 1. The first-order valence-corrected chi connectivity index (χ1v) is 10.1. The number of benzene rings is 1. The Labute approximate surface area is 147 Å². The Hall–Kier alpha value is -2.19. The molecule has 1 saturated carbocycles. The summed E-state index contributed by atoms with van der Waals surface area (Å²) in [5.74, 6) is 0.841. The SMILES string of the molecule is CS(=O)(=O)c1ccc(-c2cnc(N)c(NC3CCC(O)CC3)n2)cc1. The van der Waals surface area contributed by atoms with E-state index in [1.807, 2.05) is 0 Å². The Kier molecular flexibility index (Phi) is 4.91. The molecule has 4 N–H and O–H groups in total. The molecule has 1 aromatic heterocycles. The van der Waals surface area contributed by atoms with Crippen molar-refractivity contribution in [1.29, 1.82) is 0 Å². The molecule has 0 amide bonds. The molecule has 1 heterocycles. The van der Waals surface area contributed by atoms with Crippen LogP contribution in [-0.2, 0) is 9.84 Å². The largest absolute Gasteiger partial charge is 0.393 e. The number of sulfone groups is 1. The summed E-state index contributed by atoms with van der Waals surface area (Å²) in [7, 11) is -3.23. The maximum absolute atomic E-state index is 11.6. The zero-order valence-corrected chi connectivity index (χ0v) is 14.8. The van der Waals surface area contributed by atoms with Crippen molar-refractivity contribution in [2.45, 2.75) is 42.7 Å². The number of rotatable bonds is 4. The lowest BCUT2D eigenvalue weighted by atomic mass is 9.93. The molecule has 25 heavy (non-hydrogen) atoms. The van der Waals surface area contributed by atoms with E-state index in [4.69, 9.17) is 5.73 Å². The summed E-state index contributed by atoms with van der Waals surface area (Å²) in [4.78, 5) is 8.99. The van der Waals surface area contributed by atoms with Gasteiger partial charge >= 0.3 is 0 Å². The molecule has 1 fully saturated rings. The van der Waals surface area contributed by atoms with E-state index >= 15 is 0 Å². The molecule has 0 atom stereocenters. The second kappa shape index (κ2) is 6.97. The van der Waals surface area contributed by atoms with Crippen molar-refractivity contribution in [3.8, 4) is 11.3 Å². The lowest BCUT2D eigenvalue weighted by Gasteiger charge is -2.26. The Morgan fingerprint density at radius 1 is 1.16 bits per heavy atom. The fourth-order valence-corrected chi connectivity index (χ4v) is 3.56. The van der Waals surface area contributed by atoms with Gasteiger partial charge in [0.2, 0.25) is 0 Å². The van der Waals surface area contributed by atoms with Gasteiger partial charge in [0.1, 0.15) is 0 Å². The normalized spacial score (nSPS) is 21.0. The number of nitrogens with one attached hydrogen (secondary N) is 1. The van der Waals surface area contributed by atoms with Crippen LogP contribution in [-0.4, -0.2) is 41.9 Å². The minimum absolute atomic E-state index is 0.211. The fraction of sp³-hybridized carbons (Fsp3) is 0.412. The lowest BCUT2D eigenvalue weighted by molar-refractivity contribution is 0.126. The van der Waals surface area contributed by atoms with Gasteiger partial charge in [0.15, 0.2) is 21.5 Å². The van der Waals surface area contributed by atoms with Gasteiger partial charge in [0, 0.05) is 17.9 Å². The van der Waals surface area contributed by atoms with Gasteiger partial charge in [0.05, 0.1) is 22.9 Å². The van der Waals surface area contributed by atoms with E-state index in [0.29, 0.717) is 17.3 Å². The molecule has 2 aromatic rings. The van der Waals surface area contributed by atoms with Gasteiger partial charge in [-0.2, -0.15) is 0 Å². The number of aliphatic hydroxyl groups is 1. The topological polar surface area (TPSA) is 118 Å². The van der Waals surface area contributed by atoms with Gasteiger partial charge in [-0.15, -0.1) is 0 Å². The fourth-order valence-electron chi connectivity index (χ4n) is 2.93. The van der Waals surface area contributed by atoms with Gasteiger partial charge in [-0.25, -0.2) is 18.4 Å². The molecule has 0 saturated heterocycles. The van der Waals surface area contributed by atoms with Crippen LogP contribution in [0.25, 0.3) is 11.3 Å². The third-order valence-electron chi connectivity index (χ3n) is 4.42. The maximum Gasteiger partial charge on any atom is 0.175 e. The van der Waals surface area contributed by atoms with Gasteiger partial charge in [-0.05, 0) is 37.8 Å². The molecular weight excluding hydrogens is 340 g/mol. The van der Waals surface area contributed by atoms with Crippen molar-refractivity contribution in [2.75, 3.05) is 17.3 Å². The minimum atomic E-state index is -3.23. The first kappa shape index (κ1) is 17.6. The standard InChI is InChI=1S/C17H22N4O3S/c1-25(23,24)14-8-2-11(3-9-14)15-10-19-16(18)17(21-15)20-12-4-6-13(22)7-5-12/h2-3,8-10,12-13,22H,4-7H2,1H3,(H2,18,19)(H,20,21). The first-order chi connectivity index (χ1) is 11.8. The van der Waals surface area contributed by atoms with Crippen molar-refractivity contribution >= 4 is 21.5 Å².